The van der Waals surface area contributed by atoms with Gasteiger partial charge < -0.3 is 9.31 Å². The Morgan fingerprint density at radius 1 is 0.950 bits per heavy atom. The second-order valence-corrected chi connectivity index (χ2v) is 6.77. The number of aryl methyl sites for hydroxylation is 2. The van der Waals surface area contributed by atoms with Crippen molar-refractivity contribution in [2.24, 2.45) is 5.41 Å². The molecule has 0 saturated carbocycles. The maximum absolute atomic E-state index is 5.97. The fourth-order valence-corrected chi connectivity index (χ4v) is 3.35. The van der Waals surface area contributed by atoms with Crippen molar-refractivity contribution in [2.45, 2.75) is 26.7 Å². The number of hydrogen-bond donors (Lipinski definition) is 0. The molecule has 1 saturated heterocycles. The van der Waals surface area contributed by atoms with Crippen molar-refractivity contribution >= 4 is 23.4 Å². The van der Waals surface area contributed by atoms with Crippen LogP contribution in [0.2, 0.25) is 0 Å². The van der Waals surface area contributed by atoms with Crippen LogP contribution in [-0.2, 0) is 22.2 Å². The van der Waals surface area contributed by atoms with Crippen molar-refractivity contribution in [1.29, 1.82) is 0 Å². The first-order valence-electron chi connectivity index (χ1n) is 7.41. The van der Waals surface area contributed by atoms with E-state index in [1.807, 2.05) is 0 Å². The van der Waals surface area contributed by atoms with Crippen LogP contribution in [0.3, 0.4) is 0 Å². The summed E-state index contributed by atoms with van der Waals surface area (Å²) in [5.74, 6) is 0. The minimum atomic E-state index is -0.215. The van der Waals surface area contributed by atoms with Crippen molar-refractivity contribution in [2.75, 3.05) is 13.2 Å². The molecule has 1 aliphatic carbocycles. The van der Waals surface area contributed by atoms with Gasteiger partial charge in [0.25, 0.3) is 0 Å². The monoisotopic (exact) mass is 266 g/mol. The minimum Gasteiger partial charge on any atom is -0.407 e. The Morgan fingerprint density at radius 3 is 2.40 bits per heavy atom. The van der Waals surface area contributed by atoms with E-state index in [1.165, 1.54) is 27.4 Å². The van der Waals surface area contributed by atoms with E-state index < -0.39 is 0 Å². The Hall–Kier alpha value is -1.32. The van der Waals surface area contributed by atoms with E-state index in [0.717, 1.165) is 26.1 Å². The van der Waals surface area contributed by atoms with Gasteiger partial charge in [0.15, 0.2) is 0 Å². The van der Waals surface area contributed by atoms with Gasteiger partial charge in [-0.15, -0.1) is 0 Å². The van der Waals surface area contributed by atoms with Crippen molar-refractivity contribution in [3.63, 3.8) is 0 Å². The first-order valence-corrected chi connectivity index (χ1v) is 7.41. The van der Waals surface area contributed by atoms with Crippen LogP contribution in [0.5, 0.6) is 0 Å². The third-order valence-electron chi connectivity index (χ3n) is 4.42. The molecule has 2 aliphatic rings. The molecule has 102 valence electrons. The Balaban J connectivity index is 1.78. The molecule has 0 radical (unpaired) electrons. The maximum Gasteiger partial charge on any atom is 0.494 e. The van der Waals surface area contributed by atoms with Crippen molar-refractivity contribution in [1.82, 2.24) is 0 Å². The summed E-state index contributed by atoms with van der Waals surface area (Å²) >= 11 is 0. The molecule has 0 N–H and O–H groups in total. The first kappa shape index (κ1) is 12.4. The van der Waals surface area contributed by atoms with Crippen LogP contribution in [0.4, 0.5) is 0 Å². The molecule has 0 unspecified atom stereocenters. The van der Waals surface area contributed by atoms with Gasteiger partial charge in [0.1, 0.15) is 0 Å². The largest absolute Gasteiger partial charge is 0.494 e. The predicted octanol–water partition coefficient (Wildman–Crippen LogP) is 2.71. The van der Waals surface area contributed by atoms with Gasteiger partial charge in [-0.1, -0.05) is 44.2 Å². The summed E-state index contributed by atoms with van der Waals surface area (Å²) < 4.78 is 11.9. The highest BCUT2D eigenvalue weighted by atomic mass is 16.6. The van der Waals surface area contributed by atoms with Crippen LogP contribution < -0.4 is 5.46 Å². The SMILES string of the molecule is CC1(C)COB(c2ccc3c4c(cccc24)CC3)OC1. The number of benzene rings is 2. The molecule has 0 spiro atoms. The Labute approximate surface area is 120 Å². The summed E-state index contributed by atoms with van der Waals surface area (Å²) in [5, 5.41) is 2.74. The summed E-state index contributed by atoms with van der Waals surface area (Å²) in [5.41, 5.74) is 4.24. The quantitative estimate of drug-likeness (QED) is 0.739. The van der Waals surface area contributed by atoms with E-state index in [2.05, 4.69) is 44.2 Å². The van der Waals surface area contributed by atoms with Crippen LogP contribution in [0.15, 0.2) is 30.3 Å². The lowest BCUT2D eigenvalue weighted by Crippen LogP contribution is -2.47. The Morgan fingerprint density at radius 2 is 1.65 bits per heavy atom. The lowest BCUT2D eigenvalue weighted by molar-refractivity contribution is 0.0344. The zero-order valence-electron chi connectivity index (χ0n) is 12.1. The van der Waals surface area contributed by atoms with Gasteiger partial charge in [-0.05, 0) is 40.2 Å². The second-order valence-electron chi connectivity index (χ2n) is 6.77. The number of hydrogen-bond acceptors (Lipinski definition) is 2. The van der Waals surface area contributed by atoms with Gasteiger partial charge in [-0.25, -0.2) is 0 Å². The Kier molecular flexibility index (Phi) is 2.70. The van der Waals surface area contributed by atoms with Crippen molar-refractivity contribution in [3.8, 4) is 0 Å². The minimum absolute atomic E-state index is 0.116. The van der Waals surface area contributed by atoms with E-state index in [4.69, 9.17) is 9.31 Å². The smallest absolute Gasteiger partial charge is 0.407 e. The van der Waals surface area contributed by atoms with E-state index in [9.17, 15) is 0 Å². The van der Waals surface area contributed by atoms with Crippen molar-refractivity contribution < 1.29 is 9.31 Å². The summed E-state index contributed by atoms with van der Waals surface area (Å²) in [4.78, 5) is 0. The van der Waals surface area contributed by atoms with Gasteiger partial charge in [-0.2, -0.15) is 0 Å². The highest BCUT2D eigenvalue weighted by molar-refractivity contribution is 6.64. The average molecular weight is 266 g/mol. The maximum atomic E-state index is 5.97. The van der Waals surface area contributed by atoms with Gasteiger partial charge in [0.2, 0.25) is 0 Å². The number of rotatable bonds is 1. The lowest BCUT2D eigenvalue weighted by atomic mass is 9.73. The molecule has 2 aromatic carbocycles. The van der Waals surface area contributed by atoms with Crippen LogP contribution >= 0.6 is 0 Å². The van der Waals surface area contributed by atoms with E-state index in [0.29, 0.717) is 0 Å². The Bertz CT molecular complexity index is 658. The normalized spacial score (nSPS) is 20.6. The molecule has 1 heterocycles. The van der Waals surface area contributed by atoms with Gasteiger partial charge >= 0.3 is 7.12 Å². The molecular formula is C17H19BO2. The molecule has 4 rings (SSSR count). The standard InChI is InChI=1S/C17H19BO2/c1-17(2)10-19-18(20-11-17)15-9-8-13-7-6-12-4-3-5-14(15)16(12)13/h3-5,8-9H,6-7,10-11H2,1-2H3. The van der Waals surface area contributed by atoms with Crippen LogP contribution in [0, 0.1) is 5.41 Å². The van der Waals surface area contributed by atoms with Gasteiger partial charge in [-0.3, -0.25) is 0 Å². The summed E-state index contributed by atoms with van der Waals surface area (Å²) in [6.45, 7) is 5.86. The lowest BCUT2D eigenvalue weighted by Gasteiger charge is -2.33. The van der Waals surface area contributed by atoms with E-state index in [-0.39, 0.29) is 12.5 Å². The highest BCUT2D eigenvalue weighted by Gasteiger charge is 2.34. The third kappa shape index (κ3) is 1.88. The molecule has 2 aromatic rings. The third-order valence-corrected chi connectivity index (χ3v) is 4.42. The first-order chi connectivity index (χ1) is 9.64. The molecule has 0 amide bonds. The van der Waals surface area contributed by atoms with Gasteiger partial charge in [0.05, 0.1) is 0 Å². The fraction of sp³-hybridized carbons (Fsp3) is 0.412. The molecule has 20 heavy (non-hydrogen) atoms. The topological polar surface area (TPSA) is 18.5 Å². The van der Waals surface area contributed by atoms with Crippen molar-refractivity contribution in [3.05, 3.63) is 41.5 Å². The average Bonchev–Trinajstić information content (AvgIpc) is 2.85. The zero-order valence-corrected chi connectivity index (χ0v) is 12.1. The van der Waals surface area contributed by atoms with Crippen LogP contribution in [0.1, 0.15) is 25.0 Å². The highest BCUT2D eigenvalue weighted by Crippen LogP contribution is 2.30. The second kappa shape index (κ2) is 4.34. The summed E-state index contributed by atoms with van der Waals surface area (Å²) in [6.07, 6.45) is 2.32. The fourth-order valence-electron chi connectivity index (χ4n) is 3.35. The van der Waals surface area contributed by atoms with Gasteiger partial charge in [0, 0.05) is 18.6 Å². The summed E-state index contributed by atoms with van der Waals surface area (Å²) in [6, 6.07) is 11.0. The molecule has 2 nitrogen and oxygen atoms in total. The van der Waals surface area contributed by atoms with Crippen LogP contribution in [0.25, 0.3) is 10.8 Å². The molecule has 1 fully saturated rings. The molecule has 3 heteroatoms. The molecule has 0 bridgehead atoms. The van der Waals surface area contributed by atoms with Crippen LogP contribution in [-0.4, -0.2) is 20.3 Å². The molecular weight excluding hydrogens is 247 g/mol. The molecule has 0 atom stereocenters. The van der Waals surface area contributed by atoms with E-state index >= 15 is 0 Å². The van der Waals surface area contributed by atoms with E-state index in [1.54, 1.807) is 0 Å². The molecule has 1 aliphatic heterocycles. The molecule has 0 aromatic heterocycles. The summed E-state index contributed by atoms with van der Waals surface area (Å²) in [7, 11) is -0.215. The zero-order chi connectivity index (χ0) is 13.7. The predicted molar refractivity (Wildman–Crippen MR) is 82.4 cm³/mol.